The van der Waals surface area contributed by atoms with Crippen molar-refractivity contribution in [2.75, 3.05) is 13.1 Å². The molecule has 31 heavy (non-hydrogen) atoms. The normalized spacial score (nSPS) is 10.4. The van der Waals surface area contributed by atoms with Gasteiger partial charge in [0.2, 0.25) is 0 Å². The van der Waals surface area contributed by atoms with Gasteiger partial charge in [0, 0.05) is 6.54 Å². The summed E-state index contributed by atoms with van der Waals surface area (Å²) in [6.07, 6.45) is 0.376. The Hall–Kier alpha value is -3.86. The molecule has 3 aromatic carbocycles. The van der Waals surface area contributed by atoms with E-state index in [2.05, 4.69) is 6.58 Å². The molecular formula is C26H25NO4. The molecule has 0 aliphatic rings. The van der Waals surface area contributed by atoms with Crippen molar-refractivity contribution in [3.8, 4) is 0 Å². The van der Waals surface area contributed by atoms with Gasteiger partial charge in [-0.25, -0.2) is 4.79 Å². The Balaban J connectivity index is 1.67. The summed E-state index contributed by atoms with van der Waals surface area (Å²) in [7, 11) is 0. The van der Waals surface area contributed by atoms with Crippen LogP contribution in [0.25, 0.3) is 0 Å². The monoisotopic (exact) mass is 415 g/mol. The van der Waals surface area contributed by atoms with Crippen LogP contribution in [-0.4, -0.2) is 30.1 Å². The topological polar surface area (TPSA) is 55.8 Å². The van der Waals surface area contributed by atoms with Gasteiger partial charge in [0.25, 0.3) is 0 Å². The molecule has 0 aliphatic carbocycles. The zero-order valence-corrected chi connectivity index (χ0v) is 17.2. The van der Waals surface area contributed by atoms with Gasteiger partial charge < -0.3 is 9.47 Å². The SMILES string of the molecule is C=CCN(CC(=O)OC(c1ccccc1)c1ccccc1)C(=O)OCc1ccccc1. The minimum Gasteiger partial charge on any atom is -0.451 e. The molecule has 0 fully saturated rings. The number of carbonyl (C=O) groups is 2. The standard InChI is InChI=1S/C26H25NO4/c1-2-18-27(26(29)30-20-21-12-6-3-7-13-21)19-24(28)31-25(22-14-8-4-9-15-22)23-16-10-5-11-17-23/h2-17,25H,1,18-20H2. The van der Waals surface area contributed by atoms with E-state index in [1.807, 2.05) is 91.0 Å². The maximum Gasteiger partial charge on any atom is 0.410 e. The molecule has 0 N–H and O–H groups in total. The molecule has 0 bridgehead atoms. The van der Waals surface area contributed by atoms with Crippen LogP contribution in [0, 0.1) is 0 Å². The largest absolute Gasteiger partial charge is 0.451 e. The van der Waals surface area contributed by atoms with Gasteiger partial charge in [-0.1, -0.05) is 97.1 Å². The second-order valence-electron chi connectivity index (χ2n) is 6.90. The van der Waals surface area contributed by atoms with Gasteiger partial charge in [0.15, 0.2) is 6.10 Å². The highest BCUT2D eigenvalue weighted by Crippen LogP contribution is 2.26. The van der Waals surface area contributed by atoms with Crippen molar-refractivity contribution in [2.24, 2.45) is 0 Å². The molecule has 0 aliphatic heterocycles. The fourth-order valence-corrected chi connectivity index (χ4v) is 3.08. The van der Waals surface area contributed by atoms with E-state index in [0.717, 1.165) is 16.7 Å². The molecule has 158 valence electrons. The first kappa shape index (κ1) is 21.8. The average Bonchev–Trinajstić information content (AvgIpc) is 2.82. The fourth-order valence-electron chi connectivity index (χ4n) is 3.08. The van der Waals surface area contributed by atoms with Gasteiger partial charge in [-0.05, 0) is 16.7 Å². The Morgan fingerprint density at radius 3 is 1.87 bits per heavy atom. The number of carbonyl (C=O) groups excluding carboxylic acids is 2. The summed E-state index contributed by atoms with van der Waals surface area (Å²) in [5.41, 5.74) is 2.57. The van der Waals surface area contributed by atoms with Crippen LogP contribution in [0.15, 0.2) is 104 Å². The third-order valence-corrected chi connectivity index (χ3v) is 4.59. The van der Waals surface area contributed by atoms with Crippen molar-refractivity contribution < 1.29 is 19.1 Å². The zero-order valence-electron chi connectivity index (χ0n) is 17.2. The van der Waals surface area contributed by atoms with E-state index in [-0.39, 0.29) is 19.7 Å². The molecule has 5 heteroatoms. The number of nitrogens with zero attached hydrogens (tertiary/aromatic N) is 1. The lowest BCUT2D eigenvalue weighted by Crippen LogP contribution is -2.37. The lowest BCUT2D eigenvalue weighted by molar-refractivity contribution is -0.148. The van der Waals surface area contributed by atoms with Crippen LogP contribution in [0.4, 0.5) is 4.79 Å². The summed E-state index contributed by atoms with van der Waals surface area (Å²) in [6, 6.07) is 28.4. The van der Waals surface area contributed by atoms with E-state index in [1.54, 1.807) is 6.08 Å². The summed E-state index contributed by atoms with van der Waals surface area (Å²) < 4.78 is 11.1. The Morgan fingerprint density at radius 1 is 0.839 bits per heavy atom. The van der Waals surface area contributed by atoms with Crippen LogP contribution in [-0.2, 0) is 20.9 Å². The lowest BCUT2D eigenvalue weighted by atomic mass is 10.0. The molecule has 0 atom stereocenters. The summed E-state index contributed by atoms with van der Waals surface area (Å²) in [5, 5.41) is 0. The fraction of sp³-hybridized carbons (Fsp3) is 0.154. The quantitative estimate of drug-likeness (QED) is 0.359. The third-order valence-electron chi connectivity index (χ3n) is 4.59. The zero-order chi connectivity index (χ0) is 21.9. The molecule has 0 spiro atoms. The van der Waals surface area contributed by atoms with Crippen molar-refractivity contribution in [2.45, 2.75) is 12.7 Å². The van der Waals surface area contributed by atoms with Crippen LogP contribution in [0.2, 0.25) is 0 Å². The van der Waals surface area contributed by atoms with Crippen molar-refractivity contribution in [3.05, 3.63) is 120 Å². The first-order valence-electron chi connectivity index (χ1n) is 10.0. The highest BCUT2D eigenvalue weighted by atomic mass is 16.6. The predicted octanol–water partition coefficient (Wildman–Crippen LogP) is 5.14. The van der Waals surface area contributed by atoms with Crippen molar-refractivity contribution >= 4 is 12.1 Å². The Labute approximate surface area is 182 Å². The van der Waals surface area contributed by atoms with Gasteiger partial charge >= 0.3 is 12.1 Å². The van der Waals surface area contributed by atoms with Crippen LogP contribution >= 0.6 is 0 Å². The molecule has 0 heterocycles. The molecule has 5 nitrogen and oxygen atoms in total. The Morgan fingerprint density at radius 2 is 1.35 bits per heavy atom. The molecule has 0 saturated carbocycles. The highest BCUT2D eigenvalue weighted by Gasteiger charge is 2.23. The second kappa shape index (κ2) is 11.4. The number of esters is 1. The van der Waals surface area contributed by atoms with Crippen LogP contribution in [0.5, 0.6) is 0 Å². The summed E-state index contributed by atoms with van der Waals surface area (Å²) in [4.78, 5) is 26.5. The smallest absolute Gasteiger partial charge is 0.410 e. The van der Waals surface area contributed by atoms with Gasteiger partial charge in [0.1, 0.15) is 13.2 Å². The number of hydrogen-bond donors (Lipinski definition) is 0. The van der Waals surface area contributed by atoms with Crippen LogP contribution < -0.4 is 0 Å². The van der Waals surface area contributed by atoms with E-state index < -0.39 is 18.2 Å². The first-order valence-corrected chi connectivity index (χ1v) is 10.0. The van der Waals surface area contributed by atoms with Gasteiger partial charge in [-0.2, -0.15) is 0 Å². The number of benzene rings is 3. The summed E-state index contributed by atoms with van der Waals surface area (Å²) >= 11 is 0. The van der Waals surface area contributed by atoms with E-state index in [1.165, 1.54) is 4.90 Å². The molecule has 0 saturated heterocycles. The van der Waals surface area contributed by atoms with E-state index in [4.69, 9.17) is 9.47 Å². The summed E-state index contributed by atoms with van der Waals surface area (Å²) in [5.74, 6) is -0.531. The second-order valence-corrected chi connectivity index (χ2v) is 6.90. The van der Waals surface area contributed by atoms with E-state index in [0.29, 0.717) is 0 Å². The van der Waals surface area contributed by atoms with Gasteiger partial charge in [0.05, 0.1) is 0 Å². The minimum atomic E-state index is -0.600. The Bertz CT molecular complexity index is 935. The molecule has 0 radical (unpaired) electrons. The minimum absolute atomic E-state index is 0.124. The molecule has 0 aromatic heterocycles. The molecule has 1 amide bonds. The number of hydrogen-bond acceptors (Lipinski definition) is 4. The molecule has 0 unspecified atom stereocenters. The van der Waals surface area contributed by atoms with E-state index in [9.17, 15) is 9.59 Å². The van der Waals surface area contributed by atoms with Crippen molar-refractivity contribution in [1.82, 2.24) is 4.90 Å². The summed E-state index contributed by atoms with van der Waals surface area (Å²) in [6.45, 7) is 3.72. The first-order chi connectivity index (χ1) is 15.2. The van der Waals surface area contributed by atoms with Crippen molar-refractivity contribution in [1.29, 1.82) is 0 Å². The number of ether oxygens (including phenoxy) is 2. The molecule has 3 aromatic rings. The Kier molecular flexibility index (Phi) is 8.00. The van der Waals surface area contributed by atoms with Crippen molar-refractivity contribution in [3.63, 3.8) is 0 Å². The highest BCUT2D eigenvalue weighted by molar-refractivity contribution is 5.78. The average molecular weight is 415 g/mol. The van der Waals surface area contributed by atoms with Crippen LogP contribution in [0.3, 0.4) is 0 Å². The van der Waals surface area contributed by atoms with Gasteiger partial charge in [-0.15, -0.1) is 6.58 Å². The molecule has 3 rings (SSSR count). The number of amides is 1. The lowest BCUT2D eigenvalue weighted by Gasteiger charge is -2.23. The maximum absolute atomic E-state index is 12.8. The van der Waals surface area contributed by atoms with Gasteiger partial charge in [-0.3, -0.25) is 9.69 Å². The number of rotatable bonds is 9. The molecular weight excluding hydrogens is 390 g/mol. The van der Waals surface area contributed by atoms with E-state index >= 15 is 0 Å². The predicted molar refractivity (Wildman–Crippen MR) is 119 cm³/mol. The third kappa shape index (κ3) is 6.57. The van der Waals surface area contributed by atoms with Crippen LogP contribution in [0.1, 0.15) is 22.8 Å². The maximum atomic E-state index is 12.8.